The minimum absolute atomic E-state index is 0.0261. The molecule has 0 fully saturated rings. The first-order chi connectivity index (χ1) is 13.1. The first-order valence-corrected chi connectivity index (χ1v) is 8.15. The van der Waals surface area contributed by atoms with Crippen LogP contribution in [0.4, 0.5) is 5.69 Å². The Morgan fingerprint density at radius 2 is 2.07 bits per heavy atom. The van der Waals surface area contributed by atoms with E-state index in [4.69, 9.17) is 9.47 Å². The summed E-state index contributed by atoms with van der Waals surface area (Å²) in [6.45, 7) is 0. The summed E-state index contributed by atoms with van der Waals surface area (Å²) in [5, 5.41) is 26.4. The molecule has 9 heteroatoms. The number of hydrogen-bond acceptors (Lipinski definition) is 7. The smallest absolute Gasteiger partial charge is 0.235 e. The number of nitrogens with zero attached hydrogens (tertiary/aromatic N) is 3. The van der Waals surface area contributed by atoms with E-state index >= 15 is 0 Å². The van der Waals surface area contributed by atoms with E-state index in [1.165, 1.54) is 13.2 Å². The van der Waals surface area contributed by atoms with Gasteiger partial charge in [-0.2, -0.15) is 5.21 Å². The second-order valence-corrected chi connectivity index (χ2v) is 5.75. The number of carbonyl (C=O) groups excluding carboxylic acids is 1. The average Bonchev–Trinajstić information content (AvgIpc) is 3.21. The number of methoxy groups -OCH3 is 2. The van der Waals surface area contributed by atoms with Crippen LogP contribution in [0, 0.1) is 0 Å². The Morgan fingerprint density at radius 3 is 2.78 bits per heavy atom. The third-order valence-corrected chi connectivity index (χ3v) is 4.01. The zero-order valence-corrected chi connectivity index (χ0v) is 14.8. The van der Waals surface area contributed by atoms with E-state index in [0.29, 0.717) is 23.6 Å². The molecule has 1 atom stereocenters. The maximum absolute atomic E-state index is 12.9. The number of phenolic OH excluding ortho intramolecular Hbond substituents is 1. The van der Waals surface area contributed by atoms with Crippen molar-refractivity contribution in [1.29, 1.82) is 0 Å². The van der Waals surface area contributed by atoms with E-state index in [1.54, 1.807) is 43.5 Å². The van der Waals surface area contributed by atoms with Crippen LogP contribution >= 0.6 is 0 Å². The number of ether oxygens (including phenoxy) is 2. The van der Waals surface area contributed by atoms with Crippen molar-refractivity contribution < 1.29 is 19.4 Å². The van der Waals surface area contributed by atoms with Crippen molar-refractivity contribution in [3.8, 4) is 17.2 Å². The van der Waals surface area contributed by atoms with Crippen LogP contribution in [0.2, 0.25) is 0 Å². The van der Waals surface area contributed by atoms with Gasteiger partial charge in [-0.05, 0) is 36.2 Å². The Balaban J connectivity index is 1.84. The fourth-order valence-corrected chi connectivity index (χ4v) is 2.63. The van der Waals surface area contributed by atoms with E-state index in [-0.39, 0.29) is 17.5 Å². The Labute approximate surface area is 155 Å². The highest BCUT2D eigenvalue weighted by molar-refractivity contribution is 5.95. The number of phenols is 1. The van der Waals surface area contributed by atoms with Crippen LogP contribution in [0.5, 0.6) is 17.2 Å². The molecule has 3 N–H and O–H groups in total. The predicted molar refractivity (Wildman–Crippen MR) is 96.9 cm³/mol. The summed E-state index contributed by atoms with van der Waals surface area (Å²) < 4.78 is 10.3. The summed E-state index contributed by atoms with van der Waals surface area (Å²) in [5.74, 6) is 0.265. The van der Waals surface area contributed by atoms with Gasteiger partial charge in [-0.15, -0.1) is 10.2 Å². The zero-order chi connectivity index (χ0) is 19.2. The van der Waals surface area contributed by atoms with Crippen molar-refractivity contribution in [2.75, 3.05) is 19.5 Å². The lowest BCUT2D eigenvalue weighted by atomic mass is 9.97. The molecular formula is C18H19N5O4. The van der Waals surface area contributed by atoms with Gasteiger partial charge in [-0.3, -0.25) is 4.79 Å². The van der Waals surface area contributed by atoms with Crippen LogP contribution in [0.25, 0.3) is 0 Å². The zero-order valence-electron chi connectivity index (χ0n) is 14.8. The molecule has 3 rings (SSSR count). The van der Waals surface area contributed by atoms with Gasteiger partial charge in [0.1, 0.15) is 11.7 Å². The fraction of sp³-hybridized carbons (Fsp3) is 0.222. The average molecular weight is 369 g/mol. The largest absolute Gasteiger partial charge is 0.504 e. The van der Waals surface area contributed by atoms with Gasteiger partial charge >= 0.3 is 0 Å². The molecule has 1 heterocycles. The van der Waals surface area contributed by atoms with E-state index in [9.17, 15) is 9.90 Å². The maximum atomic E-state index is 12.9. The van der Waals surface area contributed by atoms with Crippen LogP contribution in [0.15, 0.2) is 42.5 Å². The molecule has 0 bridgehead atoms. The number of amides is 1. The van der Waals surface area contributed by atoms with E-state index < -0.39 is 5.92 Å². The standard InChI is InChI=1S/C18H19N5O4/c1-26-13-5-3-4-12(10-13)19-18(25)14(17-20-22-23-21-17)8-11-6-7-15(24)16(9-11)27-2/h3-7,9-10,14,24H,8H2,1-2H3,(H,19,25)(H,20,21,22,23). The van der Waals surface area contributed by atoms with E-state index in [1.807, 2.05) is 0 Å². The lowest BCUT2D eigenvalue weighted by Gasteiger charge is -2.15. The van der Waals surface area contributed by atoms with Crippen LogP contribution in [0.3, 0.4) is 0 Å². The Kier molecular flexibility index (Phi) is 5.50. The van der Waals surface area contributed by atoms with Crippen molar-refractivity contribution in [2.45, 2.75) is 12.3 Å². The maximum Gasteiger partial charge on any atom is 0.235 e. The quantitative estimate of drug-likeness (QED) is 0.581. The summed E-state index contributed by atoms with van der Waals surface area (Å²) >= 11 is 0. The molecule has 0 saturated carbocycles. The second-order valence-electron chi connectivity index (χ2n) is 5.75. The van der Waals surface area contributed by atoms with Gasteiger partial charge in [0.2, 0.25) is 5.91 Å². The Hall–Kier alpha value is -3.62. The number of aromatic nitrogens is 4. The summed E-state index contributed by atoms with van der Waals surface area (Å²) in [6, 6.07) is 11.9. The number of anilines is 1. The van der Waals surface area contributed by atoms with Crippen LogP contribution in [0.1, 0.15) is 17.3 Å². The van der Waals surface area contributed by atoms with Gasteiger partial charge in [-0.1, -0.05) is 17.3 Å². The van der Waals surface area contributed by atoms with Crippen molar-refractivity contribution in [3.63, 3.8) is 0 Å². The highest BCUT2D eigenvalue weighted by Gasteiger charge is 2.26. The van der Waals surface area contributed by atoms with Gasteiger partial charge in [-0.25, -0.2) is 0 Å². The first kappa shape index (κ1) is 18.2. The molecule has 1 unspecified atom stereocenters. The number of H-pyrrole nitrogens is 1. The summed E-state index contributed by atoms with van der Waals surface area (Å²) in [6.07, 6.45) is 0.298. The van der Waals surface area contributed by atoms with E-state index in [0.717, 1.165) is 5.56 Å². The normalized spacial score (nSPS) is 11.6. The van der Waals surface area contributed by atoms with E-state index in [2.05, 4.69) is 25.9 Å². The summed E-state index contributed by atoms with van der Waals surface area (Å²) in [4.78, 5) is 12.9. The molecule has 3 aromatic rings. The lowest BCUT2D eigenvalue weighted by Crippen LogP contribution is -2.24. The van der Waals surface area contributed by atoms with Crippen LogP contribution < -0.4 is 14.8 Å². The molecule has 0 aliphatic heterocycles. The molecule has 140 valence electrons. The van der Waals surface area contributed by atoms with Crippen molar-refractivity contribution in [3.05, 3.63) is 53.9 Å². The second kappa shape index (κ2) is 8.17. The van der Waals surface area contributed by atoms with Crippen molar-refractivity contribution >= 4 is 11.6 Å². The number of aromatic amines is 1. The lowest BCUT2D eigenvalue weighted by molar-refractivity contribution is -0.117. The molecule has 0 aliphatic rings. The summed E-state index contributed by atoms with van der Waals surface area (Å²) in [5.41, 5.74) is 1.37. The van der Waals surface area contributed by atoms with Gasteiger partial charge in [0.25, 0.3) is 0 Å². The van der Waals surface area contributed by atoms with Gasteiger partial charge in [0.05, 0.1) is 14.2 Å². The minimum atomic E-state index is -0.691. The molecule has 0 aliphatic carbocycles. The number of carbonyl (C=O) groups is 1. The topological polar surface area (TPSA) is 122 Å². The first-order valence-electron chi connectivity index (χ1n) is 8.15. The van der Waals surface area contributed by atoms with Gasteiger partial charge in [0.15, 0.2) is 17.3 Å². The molecular weight excluding hydrogens is 350 g/mol. The third-order valence-electron chi connectivity index (χ3n) is 4.01. The highest BCUT2D eigenvalue weighted by Crippen LogP contribution is 2.29. The molecule has 9 nitrogen and oxygen atoms in total. The number of rotatable bonds is 7. The van der Waals surface area contributed by atoms with Crippen molar-refractivity contribution in [2.24, 2.45) is 0 Å². The molecule has 1 aromatic heterocycles. The Bertz CT molecular complexity index is 914. The monoisotopic (exact) mass is 369 g/mol. The molecule has 0 spiro atoms. The fourth-order valence-electron chi connectivity index (χ4n) is 2.63. The Morgan fingerprint density at radius 1 is 1.22 bits per heavy atom. The number of nitrogens with one attached hydrogen (secondary N) is 2. The molecule has 1 amide bonds. The minimum Gasteiger partial charge on any atom is -0.504 e. The molecule has 27 heavy (non-hydrogen) atoms. The van der Waals surface area contributed by atoms with Gasteiger partial charge < -0.3 is 19.9 Å². The number of benzene rings is 2. The van der Waals surface area contributed by atoms with Gasteiger partial charge in [0, 0.05) is 11.8 Å². The molecule has 2 aromatic carbocycles. The third kappa shape index (κ3) is 4.32. The SMILES string of the molecule is COc1cccc(NC(=O)C(Cc2ccc(O)c(OC)c2)c2nn[nH]n2)c1. The number of tetrazole rings is 1. The van der Waals surface area contributed by atoms with Crippen LogP contribution in [-0.4, -0.2) is 45.9 Å². The predicted octanol–water partition coefficient (Wildman–Crippen LogP) is 1.89. The summed E-state index contributed by atoms with van der Waals surface area (Å²) in [7, 11) is 3.02. The number of aromatic hydroxyl groups is 1. The highest BCUT2D eigenvalue weighted by atomic mass is 16.5. The van der Waals surface area contributed by atoms with Crippen LogP contribution in [-0.2, 0) is 11.2 Å². The number of hydrogen-bond donors (Lipinski definition) is 3. The molecule has 0 saturated heterocycles. The van der Waals surface area contributed by atoms with Crippen molar-refractivity contribution in [1.82, 2.24) is 20.6 Å². The molecule has 0 radical (unpaired) electrons.